The number of aryl methyl sites for hydroxylation is 3. The summed E-state index contributed by atoms with van der Waals surface area (Å²) in [5.74, 6) is -0.759. The number of anilines is 1. The van der Waals surface area contributed by atoms with Gasteiger partial charge in [-0.15, -0.1) is 0 Å². The molecule has 2 amide bonds. The third-order valence-corrected chi connectivity index (χ3v) is 4.12. The Morgan fingerprint density at radius 1 is 1.04 bits per heavy atom. The van der Waals surface area contributed by atoms with E-state index in [9.17, 15) is 14.0 Å². The quantitative estimate of drug-likeness (QED) is 0.874. The van der Waals surface area contributed by atoms with E-state index in [2.05, 4.69) is 5.32 Å². The van der Waals surface area contributed by atoms with E-state index < -0.39 is 0 Å². The van der Waals surface area contributed by atoms with Gasteiger partial charge in [-0.2, -0.15) is 0 Å². The molecule has 25 heavy (non-hydrogen) atoms. The molecule has 0 aliphatic heterocycles. The molecule has 0 saturated carbocycles. The second kappa shape index (κ2) is 8.42. The van der Waals surface area contributed by atoms with Crippen molar-refractivity contribution < 1.29 is 14.0 Å². The lowest BCUT2D eigenvalue weighted by atomic mass is 10.1. The number of nitrogens with zero attached hydrogens (tertiary/aromatic N) is 1. The van der Waals surface area contributed by atoms with Crippen molar-refractivity contribution >= 4 is 17.5 Å². The molecular weight excluding hydrogens is 319 g/mol. The van der Waals surface area contributed by atoms with Crippen molar-refractivity contribution in [3.8, 4) is 0 Å². The third-order valence-electron chi connectivity index (χ3n) is 4.12. The lowest BCUT2D eigenvalue weighted by Crippen LogP contribution is -2.35. The van der Waals surface area contributed by atoms with E-state index in [0.29, 0.717) is 12.0 Å². The van der Waals surface area contributed by atoms with E-state index in [4.69, 9.17) is 0 Å². The number of likely N-dealkylation sites (N-methyl/N-ethyl adjacent to an activating group) is 1. The summed E-state index contributed by atoms with van der Waals surface area (Å²) in [6.07, 6.45) is 0.475. The van der Waals surface area contributed by atoms with E-state index in [1.807, 2.05) is 32.0 Å². The molecule has 5 heteroatoms. The number of rotatable bonds is 6. The molecule has 1 N–H and O–H groups in total. The first-order valence-corrected chi connectivity index (χ1v) is 8.22. The van der Waals surface area contributed by atoms with Crippen molar-refractivity contribution in [2.75, 3.05) is 18.9 Å². The average molecular weight is 342 g/mol. The van der Waals surface area contributed by atoms with Gasteiger partial charge in [-0.25, -0.2) is 4.39 Å². The van der Waals surface area contributed by atoms with Crippen LogP contribution in [0.15, 0.2) is 42.5 Å². The summed E-state index contributed by atoms with van der Waals surface area (Å²) in [4.78, 5) is 25.7. The van der Waals surface area contributed by atoms with E-state index in [-0.39, 0.29) is 30.6 Å². The van der Waals surface area contributed by atoms with Crippen LogP contribution in [0.4, 0.5) is 10.1 Å². The van der Waals surface area contributed by atoms with Gasteiger partial charge in [0.2, 0.25) is 11.8 Å². The van der Waals surface area contributed by atoms with E-state index >= 15 is 0 Å². The van der Waals surface area contributed by atoms with Crippen molar-refractivity contribution in [1.29, 1.82) is 0 Å². The van der Waals surface area contributed by atoms with Crippen LogP contribution in [0, 0.1) is 19.7 Å². The Morgan fingerprint density at radius 2 is 1.68 bits per heavy atom. The average Bonchev–Trinajstić information content (AvgIpc) is 2.57. The van der Waals surface area contributed by atoms with Gasteiger partial charge in [0.25, 0.3) is 0 Å². The normalized spacial score (nSPS) is 10.4. The molecule has 0 atom stereocenters. The summed E-state index contributed by atoms with van der Waals surface area (Å²) in [6.45, 7) is 3.81. The monoisotopic (exact) mass is 342 g/mol. The molecule has 0 fully saturated rings. The van der Waals surface area contributed by atoms with Crippen molar-refractivity contribution in [2.24, 2.45) is 0 Å². The van der Waals surface area contributed by atoms with Gasteiger partial charge in [0.05, 0.1) is 6.54 Å². The smallest absolute Gasteiger partial charge is 0.243 e. The van der Waals surface area contributed by atoms with Crippen molar-refractivity contribution in [3.05, 3.63) is 65.0 Å². The van der Waals surface area contributed by atoms with Gasteiger partial charge in [-0.05, 0) is 43.0 Å². The first-order valence-electron chi connectivity index (χ1n) is 8.22. The van der Waals surface area contributed by atoms with Gasteiger partial charge < -0.3 is 10.2 Å². The van der Waals surface area contributed by atoms with Crippen LogP contribution in [0.5, 0.6) is 0 Å². The molecule has 0 unspecified atom stereocenters. The third kappa shape index (κ3) is 5.14. The van der Waals surface area contributed by atoms with Crippen molar-refractivity contribution in [2.45, 2.75) is 26.7 Å². The van der Waals surface area contributed by atoms with Crippen LogP contribution in [0.25, 0.3) is 0 Å². The molecule has 0 radical (unpaired) electrons. The fraction of sp³-hybridized carbons (Fsp3) is 0.300. The van der Waals surface area contributed by atoms with Gasteiger partial charge in [-0.3, -0.25) is 9.59 Å². The summed E-state index contributed by atoms with van der Waals surface area (Å²) in [7, 11) is 1.58. The molecule has 0 aliphatic rings. The second-order valence-corrected chi connectivity index (χ2v) is 6.16. The molecule has 2 rings (SSSR count). The van der Waals surface area contributed by atoms with Gasteiger partial charge in [0, 0.05) is 19.2 Å². The van der Waals surface area contributed by atoms with Gasteiger partial charge in [0.15, 0.2) is 0 Å². The second-order valence-electron chi connectivity index (χ2n) is 6.16. The minimum Gasteiger partial charge on any atom is -0.336 e. The van der Waals surface area contributed by atoms with Crippen LogP contribution < -0.4 is 5.32 Å². The molecule has 2 aromatic rings. The lowest BCUT2D eigenvalue weighted by molar-refractivity contribution is -0.133. The minimum atomic E-state index is -0.314. The molecule has 4 nitrogen and oxygen atoms in total. The standard InChI is InChI=1S/C20H23FN2O2/c1-14-7-6-8-15(2)20(14)22-18(24)13-23(3)19(25)12-11-16-9-4-5-10-17(16)21/h4-10H,11-13H2,1-3H3,(H,22,24). The lowest BCUT2D eigenvalue weighted by Gasteiger charge is -2.18. The molecule has 0 bridgehead atoms. The number of hydrogen-bond donors (Lipinski definition) is 1. The number of carbonyl (C=O) groups is 2. The maximum atomic E-state index is 13.6. The van der Waals surface area contributed by atoms with E-state index in [0.717, 1.165) is 16.8 Å². The Labute approximate surface area is 147 Å². The summed E-state index contributed by atoms with van der Waals surface area (Å²) >= 11 is 0. The Morgan fingerprint density at radius 3 is 2.32 bits per heavy atom. The molecule has 0 spiro atoms. The summed E-state index contributed by atoms with van der Waals surface area (Å²) in [5, 5.41) is 2.85. The fourth-order valence-electron chi connectivity index (χ4n) is 2.63. The topological polar surface area (TPSA) is 49.4 Å². The number of amides is 2. The highest BCUT2D eigenvalue weighted by Crippen LogP contribution is 2.19. The molecular formula is C20H23FN2O2. The van der Waals surface area contributed by atoms with Crippen LogP contribution in [-0.2, 0) is 16.0 Å². The summed E-state index contributed by atoms with van der Waals surface area (Å²) in [6, 6.07) is 12.2. The summed E-state index contributed by atoms with van der Waals surface area (Å²) in [5.41, 5.74) is 3.23. The van der Waals surface area contributed by atoms with Crippen LogP contribution in [-0.4, -0.2) is 30.3 Å². The van der Waals surface area contributed by atoms with Gasteiger partial charge in [0.1, 0.15) is 5.82 Å². The highest BCUT2D eigenvalue weighted by atomic mass is 19.1. The Hall–Kier alpha value is -2.69. The Bertz CT molecular complexity index is 754. The van der Waals surface area contributed by atoms with Gasteiger partial charge >= 0.3 is 0 Å². The van der Waals surface area contributed by atoms with Crippen LogP contribution >= 0.6 is 0 Å². The number of carbonyl (C=O) groups excluding carboxylic acids is 2. The van der Waals surface area contributed by atoms with E-state index in [1.165, 1.54) is 11.0 Å². The highest BCUT2D eigenvalue weighted by Gasteiger charge is 2.15. The van der Waals surface area contributed by atoms with Crippen molar-refractivity contribution in [1.82, 2.24) is 4.90 Å². The molecule has 0 heterocycles. The number of benzene rings is 2. The van der Waals surface area contributed by atoms with Crippen molar-refractivity contribution in [3.63, 3.8) is 0 Å². The van der Waals surface area contributed by atoms with Gasteiger partial charge in [-0.1, -0.05) is 36.4 Å². The first kappa shape index (κ1) is 18.6. The molecule has 0 aromatic heterocycles. The fourth-order valence-corrected chi connectivity index (χ4v) is 2.63. The Kier molecular flexibility index (Phi) is 6.28. The first-order chi connectivity index (χ1) is 11.9. The van der Waals surface area contributed by atoms with Crippen LogP contribution in [0.2, 0.25) is 0 Å². The minimum absolute atomic E-state index is 0.0378. The number of hydrogen-bond acceptors (Lipinski definition) is 2. The zero-order chi connectivity index (χ0) is 18.4. The molecule has 132 valence electrons. The van der Waals surface area contributed by atoms with E-state index in [1.54, 1.807) is 25.2 Å². The predicted molar refractivity (Wildman–Crippen MR) is 96.9 cm³/mol. The maximum Gasteiger partial charge on any atom is 0.243 e. The maximum absolute atomic E-state index is 13.6. The molecule has 0 saturated heterocycles. The van der Waals surface area contributed by atoms with Crippen LogP contribution in [0.1, 0.15) is 23.1 Å². The zero-order valence-electron chi connectivity index (χ0n) is 14.8. The Balaban J connectivity index is 1.88. The summed E-state index contributed by atoms with van der Waals surface area (Å²) < 4.78 is 13.6. The number of nitrogens with one attached hydrogen (secondary N) is 1. The zero-order valence-corrected chi connectivity index (χ0v) is 14.8. The molecule has 0 aliphatic carbocycles. The number of para-hydroxylation sites is 1. The SMILES string of the molecule is Cc1cccc(C)c1NC(=O)CN(C)C(=O)CCc1ccccc1F. The van der Waals surface area contributed by atoms with Crippen LogP contribution in [0.3, 0.4) is 0 Å². The largest absolute Gasteiger partial charge is 0.336 e. The molecule has 2 aromatic carbocycles. The predicted octanol–water partition coefficient (Wildman–Crippen LogP) is 3.47. The number of halogens is 1. The highest BCUT2D eigenvalue weighted by molar-refractivity contribution is 5.95.